The van der Waals surface area contributed by atoms with E-state index in [2.05, 4.69) is 5.32 Å². The number of aryl methyl sites for hydroxylation is 2. The highest BCUT2D eigenvalue weighted by Gasteiger charge is 2.35. The zero-order chi connectivity index (χ0) is 17.3. The quantitative estimate of drug-likeness (QED) is 0.918. The molecule has 1 aliphatic rings. The first kappa shape index (κ1) is 16.5. The smallest absolute Gasteiger partial charge is 0.229 e. The minimum atomic E-state index is -0.352. The van der Waals surface area contributed by atoms with Crippen LogP contribution in [0.25, 0.3) is 0 Å². The van der Waals surface area contributed by atoms with Crippen LogP contribution in [0.4, 0.5) is 11.4 Å². The van der Waals surface area contributed by atoms with Crippen LogP contribution in [0.3, 0.4) is 0 Å². The third kappa shape index (κ3) is 3.44. The van der Waals surface area contributed by atoms with Gasteiger partial charge in [-0.05, 0) is 61.4 Å². The van der Waals surface area contributed by atoms with Gasteiger partial charge in [-0.25, -0.2) is 0 Å². The standard InChI is InChI=1S/C19H19ClN2O2/c1-12-3-8-17(9-13(12)2)22-11-14(10-18(22)23)19(24)21-16-6-4-15(20)5-7-16/h3-9,14H,10-11H2,1-2H3,(H,21,24)/t14-/m0/s1. The molecule has 2 aromatic carbocycles. The number of anilines is 2. The fourth-order valence-corrected chi connectivity index (χ4v) is 2.93. The average molecular weight is 343 g/mol. The van der Waals surface area contributed by atoms with E-state index in [1.807, 2.05) is 32.0 Å². The topological polar surface area (TPSA) is 49.4 Å². The number of halogens is 1. The van der Waals surface area contributed by atoms with Gasteiger partial charge in [-0.15, -0.1) is 0 Å². The second kappa shape index (κ2) is 6.65. The molecule has 2 aromatic rings. The van der Waals surface area contributed by atoms with Crippen LogP contribution < -0.4 is 10.2 Å². The summed E-state index contributed by atoms with van der Waals surface area (Å²) in [6.07, 6.45) is 0.229. The molecule has 4 nitrogen and oxygen atoms in total. The Bertz CT molecular complexity index is 786. The van der Waals surface area contributed by atoms with Gasteiger partial charge in [-0.3, -0.25) is 9.59 Å². The lowest BCUT2D eigenvalue weighted by atomic mass is 10.1. The van der Waals surface area contributed by atoms with Gasteiger partial charge in [0.15, 0.2) is 0 Å². The molecule has 0 bridgehead atoms. The van der Waals surface area contributed by atoms with Gasteiger partial charge in [0.2, 0.25) is 11.8 Å². The maximum atomic E-state index is 12.4. The van der Waals surface area contributed by atoms with Crippen molar-refractivity contribution < 1.29 is 9.59 Å². The number of benzene rings is 2. The van der Waals surface area contributed by atoms with E-state index in [1.165, 1.54) is 5.56 Å². The van der Waals surface area contributed by atoms with E-state index in [9.17, 15) is 9.59 Å². The summed E-state index contributed by atoms with van der Waals surface area (Å²) in [5.74, 6) is -0.513. The molecular weight excluding hydrogens is 324 g/mol. The first-order chi connectivity index (χ1) is 11.4. The number of carbonyl (C=O) groups is 2. The van der Waals surface area contributed by atoms with Crippen molar-refractivity contribution in [2.24, 2.45) is 5.92 Å². The number of hydrogen-bond donors (Lipinski definition) is 1. The zero-order valence-electron chi connectivity index (χ0n) is 13.7. The summed E-state index contributed by atoms with van der Waals surface area (Å²) in [5.41, 5.74) is 3.85. The molecule has 0 aliphatic carbocycles. The van der Waals surface area contributed by atoms with Gasteiger partial charge in [-0.2, -0.15) is 0 Å². The Morgan fingerprint density at radius 2 is 1.83 bits per heavy atom. The van der Waals surface area contributed by atoms with Crippen molar-refractivity contribution in [1.82, 2.24) is 0 Å². The van der Waals surface area contributed by atoms with Crippen molar-refractivity contribution in [3.8, 4) is 0 Å². The van der Waals surface area contributed by atoms with E-state index in [1.54, 1.807) is 29.2 Å². The van der Waals surface area contributed by atoms with E-state index in [4.69, 9.17) is 11.6 Å². The number of rotatable bonds is 3. The van der Waals surface area contributed by atoms with E-state index in [0.29, 0.717) is 17.3 Å². The number of nitrogens with zero attached hydrogens (tertiary/aromatic N) is 1. The van der Waals surface area contributed by atoms with E-state index in [0.717, 1.165) is 11.3 Å². The predicted octanol–water partition coefficient (Wildman–Crippen LogP) is 3.95. The van der Waals surface area contributed by atoms with Crippen molar-refractivity contribution in [3.05, 3.63) is 58.6 Å². The van der Waals surface area contributed by atoms with Crippen LogP contribution in [0.15, 0.2) is 42.5 Å². The van der Waals surface area contributed by atoms with Crippen LogP contribution in [-0.4, -0.2) is 18.4 Å². The van der Waals surface area contributed by atoms with Gasteiger partial charge in [0, 0.05) is 29.4 Å². The molecule has 0 unspecified atom stereocenters. The minimum Gasteiger partial charge on any atom is -0.326 e. The molecule has 1 fully saturated rings. The lowest BCUT2D eigenvalue weighted by molar-refractivity contribution is -0.122. The highest BCUT2D eigenvalue weighted by molar-refractivity contribution is 6.30. The summed E-state index contributed by atoms with van der Waals surface area (Å²) in [6, 6.07) is 12.9. The second-order valence-electron chi connectivity index (χ2n) is 6.17. The Labute approximate surface area is 146 Å². The van der Waals surface area contributed by atoms with Crippen LogP contribution in [0, 0.1) is 19.8 Å². The highest BCUT2D eigenvalue weighted by atomic mass is 35.5. The van der Waals surface area contributed by atoms with Gasteiger partial charge >= 0.3 is 0 Å². The van der Waals surface area contributed by atoms with Crippen molar-refractivity contribution in [2.75, 3.05) is 16.8 Å². The van der Waals surface area contributed by atoms with Crippen molar-refractivity contribution in [3.63, 3.8) is 0 Å². The molecule has 1 heterocycles. The summed E-state index contributed by atoms with van der Waals surface area (Å²) in [5, 5.41) is 3.46. The maximum absolute atomic E-state index is 12.4. The Hall–Kier alpha value is -2.33. The largest absolute Gasteiger partial charge is 0.326 e. The summed E-state index contributed by atoms with van der Waals surface area (Å²) in [6.45, 7) is 4.46. The van der Waals surface area contributed by atoms with E-state index in [-0.39, 0.29) is 24.2 Å². The van der Waals surface area contributed by atoms with Gasteiger partial charge in [0.25, 0.3) is 0 Å². The number of hydrogen-bond acceptors (Lipinski definition) is 2. The zero-order valence-corrected chi connectivity index (χ0v) is 14.4. The highest BCUT2D eigenvalue weighted by Crippen LogP contribution is 2.27. The van der Waals surface area contributed by atoms with Crippen LogP contribution in [0.1, 0.15) is 17.5 Å². The summed E-state index contributed by atoms with van der Waals surface area (Å²) < 4.78 is 0. The summed E-state index contributed by atoms with van der Waals surface area (Å²) in [4.78, 5) is 26.4. The number of carbonyl (C=O) groups excluding carboxylic acids is 2. The van der Waals surface area contributed by atoms with Gasteiger partial charge in [0.05, 0.1) is 5.92 Å². The first-order valence-corrected chi connectivity index (χ1v) is 8.26. The number of amides is 2. The first-order valence-electron chi connectivity index (χ1n) is 7.88. The van der Waals surface area contributed by atoms with Gasteiger partial charge in [0.1, 0.15) is 0 Å². The molecule has 0 radical (unpaired) electrons. The lowest BCUT2D eigenvalue weighted by Crippen LogP contribution is -2.28. The molecule has 5 heteroatoms. The number of nitrogens with one attached hydrogen (secondary N) is 1. The maximum Gasteiger partial charge on any atom is 0.229 e. The van der Waals surface area contributed by atoms with Crippen LogP contribution >= 0.6 is 11.6 Å². The Kier molecular flexibility index (Phi) is 4.58. The molecule has 1 N–H and O–H groups in total. The SMILES string of the molecule is Cc1ccc(N2C[C@@H](C(=O)Nc3ccc(Cl)cc3)CC2=O)cc1C. The molecule has 1 atom stereocenters. The van der Waals surface area contributed by atoms with Crippen LogP contribution in [0.5, 0.6) is 0 Å². The molecular formula is C19H19ClN2O2. The van der Waals surface area contributed by atoms with Crippen LogP contribution in [-0.2, 0) is 9.59 Å². The molecule has 1 saturated heterocycles. The molecule has 3 rings (SSSR count). The molecule has 124 valence electrons. The summed E-state index contributed by atoms with van der Waals surface area (Å²) in [7, 11) is 0. The molecule has 2 amide bonds. The van der Waals surface area contributed by atoms with Crippen molar-refractivity contribution >= 4 is 34.8 Å². The molecule has 0 spiro atoms. The average Bonchev–Trinajstić information content (AvgIpc) is 2.94. The van der Waals surface area contributed by atoms with Crippen molar-refractivity contribution in [1.29, 1.82) is 0 Å². The van der Waals surface area contributed by atoms with Crippen molar-refractivity contribution in [2.45, 2.75) is 20.3 Å². The fraction of sp³-hybridized carbons (Fsp3) is 0.263. The predicted molar refractivity (Wildman–Crippen MR) is 96.5 cm³/mol. The third-order valence-electron chi connectivity index (χ3n) is 4.41. The molecule has 24 heavy (non-hydrogen) atoms. The Balaban J connectivity index is 1.70. The monoisotopic (exact) mass is 342 g/mol. The fourth-order valence-electron chi connectivity index (χ4n) is 2.80. The minimum absolute atomic E-state index is 0.0190. The van der Waals surface area contributed by atoms with Gasteiger partial charge < -0.3 is 10.2 Å². The third-order valence-corrected chi connectivity index (χ3v) is 4.66. The summed E-state index contributed by atoms with van der Waals surface area (Å²) >= 11 is 5.84. The molecule has 0 saturated carbocycles. The second-order valence-corrected chi connectivity index (χ2v) is 6.61. The Morgan fingerprint density at radius 1 is 1.12 bits per heavy atom. The molecule has 1 aliphatic heterocycles. The lowest BCUT2D eigenvalue weighted by Gasteiger charge is -2.18. The van der Waals surface area contributed by atoms with Gasteiger partial charge in [-0.1, -0.05) is 17.7 Å². The van der Waals surface area contributed by atoms with E-state index >= 15 is 0 Å². The van der Waals surface area contributed by atoms with Crippen LogP contribution in [0.2, 0.25) is 5.02 Å². The molecule has 0 aromatic heterocycles. The normalized spacial score (nSPS) is 17.2. The van der Waals surface area contributed by atoms with E-state index < -0.39 is 0 Å². The Morgan fingerprint density at radius 3 is 2.50 bits per heavy atom.